The molecule has 1 amide bonds. The van der Waals surface area contributed by atoms with E-state index >= 15 is 0 Å². The van der Waals surface area contributed by atoms with Crippen LogP contribution < -0.4 is 10.6 Å². The van der Waals surface area contributed by atoms with Crippen LogP contribution >= 0.6 is 34.7 Å². The van der Waals surface area contributed by atoms with Crippen molar-refractivity contribution in [1.29, 1.82) is 0 Å². The molecule has 0 fully saturated rings. The van der Waals surface area contributed by atoms with Gasteiger partial charge in [-0.25, -0.2) is 4.79 Å². The fourth-order valence-electron chi connectivity index (χ4n) is 3.91. The monoisotopic (exact) mass is 558 g/mol. The Bertz CT molecular complexity index is 1090. The number of amides is 1. The molecule has 0 bridgehead atoms. The molecule has 37 heavy (non-hydrogen) atoms. The van der Waals surface area contributed by atoms with Crippen LogP contribution in [0.4, 0.5) is 4.79 Å². The van der Waals surface area contributed by atoms with E-state index in [1.807, 2.05) is 72.8 Å². The topological polar surface area (TPSA) is 67.4 Å². The quantitative estimate of drug-likeness (QED) is 0.216. The molecule has 3 aromatic rings. The van der Waals surface area contributed by atoms with Gasteiger partial charge in [-0.3, -0.25) is 4.79 Å². The van der Waals surface area contributed by atoms with Crippen molar-refractivity contribution in [3.63, 3.8) is 0 Å². The second-order valence-electron chi connectivity index (χ2n) is 9.35. The van der Waals surface area contributed by atoms with Gasteiger partial charge in [0.25, 0.3) is 0 Å². The molecule has 0 aliphatic heterocycles. The highest BCUT2D eigenvalue weighted by molar-refractivity contribution is 7.99. The van der Waals surface area contributed by atoms with Crippen molar-refractivity contribution in [2.24, 2.45) is 5.92 Å². The SMILES string of the molecule is CC(C)CC(CNC(Cc1ccccc1)C(=O)CSCc1ccc(Cl)s1)NC(=O)OCc1ccccc1. The lowest BCUT2D eigenvalue weighted by atomic mass is 10.0. The number of nitrogens with one attached hydrogen (secondary N) is 2. The third-order valence-corrected chi connectivity index (χ3v) is 8.11. The first-order chi connectivity index (χ1) is 17.9. The predicted octanol–water partition coefficient (Wildman–Crippen LogP) is 6.75. The van der Waals surface area contributed by atoms with Crippen LogP contribution in [0.3, 0.4) is 0 Å². The molecule has 2 aromatic carbocycles. The lowest BCUT2D eigenvalue weighted by Crippen LogP contribution is -2.48. The number of halogens is 1. The minimum atomic E-state index is -0.451. The predicted molar refractivity (Wildman–Crippen MR) is 155 cm³/mol. The summed E-state index contributed by atoms with van der Waals surface area (Å²) in [6, 6.07) is 23.0. The third-order valence-electron chi connectivity index (χ3n) is 5.69. The van der Waals surface area contributed by atoms with Gasteiger partial charge in [-0.05, 0) is 42.0 Å². The molecule has 0 spiro atoms. The Balaban J connectivity index is 1.57. The van der Waals surface area contributed by atoms with E-state index in [0.29, 0.717) is 24.6 Å². The van der Waals surface area contributed by atoms with Gasteiger partial charge in [-0.2, -0.15) is 0 Å². The number of ketones is 1. The summed E-state index contributed by atoms with van der Waals surface area (Å²) in [6.45, 7) is 4.93. The van der Waals surface area contributed by atoms with Crippen LogP contribution in [0.2, 0.25) is 4.34 Å². The number of ether oxygens (including phenoxy) is 1. The molecule has 3 rings (SSSR count). The van der Waals surface area contributed by atoms with Gasteiger partial charge < -0.3 is 15.4 Å². The average Bonchev–Trinajstić information content (AvgIpc) is 3.30. The molecule has 0 saturated heterocycles. The normalized spacial score (nSPS) is 12.8. The van der Waals surface area contributed by atoms with E-state index in [4.69, 9.17) is 16.3 Å². The molecule has 5 nitrogen and oxygen atoms in total. The summed E-state index contributed by atoms with van der Waals surface area (Å²) in [4.78, 5) is 26.9. The number of hydrogen-bond acceptors (Lipinski definition) is 6. The van der Waals surface area contributed by atoms with Crippen LogP contribution in [0, 0.1) is 5.92 Å². The van der Waals surface area contributed by atoms with Crippen molar-refractivity contribution in [2.75, 3.05) is 12.3 Å². The lowest BCUT2D eigenvalue weighted by molar-refractivity contribution is -0.118. The number of alkyl carbamates (subject to hydrolysis) is 1. The molecule has 0 aliphatic rings. The van der Waals surface area contributed by atoms with Crippen molar-refractivity contribution in [1.82, 2.24) is 10.6 Å². The third kappa shape index (κ3) is 11.3. The minimum Gasteiger partial charge on any atom is -0.445 e. The molecule has 2 unspecified atom stereocenters. The van der Waals surface area contributed by atoms with Gasteiger partial charge in [0, 0.05) is 23.2 Å². The van der Waals surface area contributed by atoms with Gasteiger partial charge in [0.2, 0.25) is 0 Å². The van der Waals surface area contributed by atoms with E-state index in [-0.39, 0.29) is 24.5 Å². The van der Waals surface area contributed by atoms with Crippen LogP contribution in [-0.4, -0.2) is 36.3 Å². The van der Waals surface area contributed by atoms with Crippen molar-refractivity contribution in [2.45, 2.75) is 51.1 Å². The second kappa shape index (κ2) is 15.8. The maximum absolute atomic E-state index is 13.2. The van der Waals surface area contributed by atoms with E-state index in [2.05, 4.69) is 24.5 Å². The fraction of sp³-hybridized carbons (Fsp3) is 0.379. The summed E-state index contributed by atoms with van der Waals surface area (Å²) in [6.07, 6.45) is 0.915. The molecule has 8 heteroatoms. The largest absolute Gasteiger partial charge is 0.445 e. The highest BCUT2D eigenvalue weighted by Gasteiger charge is 2.22. The van der Waals surface area contributed by atoms with Gasteiger partial charge in [0.15, 0.2) is 5.78 Å². The zero-order chi connectivity index (χ0) is 26.5. The number of thioether (sulfide) groups is 1. The Kier molecular flexibility index (Phi) is 12.5. The van der Waals surface area contributed by atoms with Gasteiger partial charge in [-0.1, -0.05) is 86.1 Å². The van der Waals surface area contributed by atoms with Gasteiger partial charge in [0.05, 0.1) is 16.1 Å². The molecule has 198 valence electrons. The summed E-state index contributed by atoms with van der Waals surface area (Å²) < 4.78 is 6.19. The molecular weight excluding hydrogens is 524 g/mol. The smallest absolute Gasteiger partial charge is 0.407 e. The Morgan fingerprint density at radius 2 is 1.65 bits per heavy atom. The molecule has 0 aliphatic carbocycles. The molecular formula is C29H35ClN2O3S2. The van der Waals surface area contributed by atoms with Gasteiger partial charge >= 0.3 is 6.09 Å². The van der Waals surface area contributed by atoms with Crippen LogP contribution in [0.25, 0.3) is 0 Å². The van der Waals surface area contributed by atoms with Crippen LogP contribution in [-0.2, 0) is 28.3 Å². The van der Waals surface area contributed by atoms with Crippen LogP contribution in [0.1, 0.15) is 36.3 Å². The van der Waals surface area contributed by atoms with E-state index in [0.717, 1.165) is 32.5 Å². The lowest BCUT2D eigenvalue weighted by Gasteiger charge is -2.24. The Morgan fingerprint density at radius 1 is 0.973 bits per heavy atom. The summed E-state index contributed by atoms with van der Waals surface area (Å²) in [7, 11) is 0. The summed E-state index contributed by atoms with van der Waals surface area (Å²) >= 11 is 9.17. The maximum atomic E-state index is 13.2. The van der Waals surface area contributed by atoms with Crippen LogP contribution in [0.15, 0.2) is 72.8 Å². The van der Waals surface area contributed by atoms with Gasteiger partial charge in [0.1, 0.15) is 6.61 Å². The van der Waals surface area contributed by atoms with E-state index in [9.17, 15) is 9.59 Å². The fourth-order valence-corrected chi connectivity index (χ4v) is 6.08. The van der Waals surface area contributed by atoms with Crippen molar-refractivity contribution >= 4 is 46.6 Å². The summed E-state index contributed by atoms with van der Waals surface area (Å²) in [5.41, 5.74) is 2.03. The molecule has 0 saturated carbocycles. The molecule has 2 atom stereocenters. The van der Waals surface area contributed by atoms with Crippen molar-refractivity contribution in [3.8, 4) is 0 Å². The molecule has 0 radical (unpaired) electrons. The standard InChI is InChI=1S/C29H35ClN2O3S2/c1-21(2)15-24(32-29(34)35-18-23-11-7-4-8-12-23)17-31-26(16-22-9-5-3-6-10-22)27(33)20-36-19-25-13-14-28(30)37-25/h3-14,21,24,26,31H,15-20H2,1-2H3,(H,32,34). The summed E-state index contributed by atoms with van der Waals surface area (Å²) in [5.74, 6) is 1.68. The Morgan fingerprint density at radius 3 is 2.27 bits per heavy atom. The average molecular weight is 559 g/mol. The number of rotatable bonds is 15. The second-order valence-corrected chi connectivity index (χ2v) is 12.1. The number of thiophene rings is 1. The number of benzene rings is 2. The Labute approximate surface area is 233 Å². The van der Waals surface area contributed by atoms with E-state index in [1.54, 1.807) is 23.1 Å². The van der Waals surface area contributed by atoms with E-state index < -0.39 is 6.09 Å². The number of carbonyl (C=O) groups is 2. The Hall–Kier alpha value is -2.32. The molecule has 2 N–H and O–H groups in total. The summed E-state index contributed by atoms with van der Waals surface area (Å²) in [5, 5.41) is 6.45. The highest BCUT2D eigenvalue weighted by atomic mass is 35.5. The number of carbonyl (C=O) groups excluding carboxylic acids is 2. The first-order valence-electron chi connectivity index (χ1n) is 12.5. The maximum Gasteiger partial charge on any atom is 0.407 e. The first-order valence-corrected chi connectivity index (χ1v) is 14.8. The zero-order valence-corrected chi connectivity index (χ0v) is 23.7. The number of Topliss-reactive ketones (excluding diaryl/α,β-unsaturated/α-hetero) is 1. The first kappa shape index (κ1) is 29.2. The molecule has 1 aromatic heterocycles. The molecule has 1 heterocycles. The zero-order valence-electron chi connectivity index (χ0n) is 21.3. The van der Waals surface area contributed by atoms with Crippen molar-refractivity contribution < 1.29 is 14.3 Å². The highest BCUT2D eigenvalue weighted by Crippen LogP contribution is 2.25. The number of hydrogen-bond donors (Lipinski definition) is 2. The van der Waals surface area contributed by atoms with Crippen molar-refractivity contribution in [3.05, 3.63) is 93.1 Å². The van der Waals surface area contributed by atoms with Crippen LogP contribution in [0.5, 0.6) is 0 Å². The van der Waals surface area contributed by atoms with Gasteiger partial charge in [-0.15, -0.1) is 23.1 Å². The van der Waals surface area contributed by atoms with E-state index in [1.165, 1.54) is 0 Å². The minimum absolute atomic E-state index is 0.145.